The van der Waals surface area contributed by atoms with Crippen LogP contribution in [0.5, 0.6) is 0 Å². The van der Waals surface area contributed by atoms with E-state index < -0.39 is 0 Å². The van der Waals surface area contributed by atoms with Gasteiger partial charge in [-0.1, -0.05) is 60.7 Å². The molecule has 9 rings (SSSR count). The van der Waals surface area contributed by atoms with Gasteiger partial charge in [0.05, 0.1) is 22.1 Å². The third kappa shape index (κ3) is 2.79. The Balaban J connectivity index is 1.49. The van der Waals surface area contributed by atoms with E-state index in [2.05, 4.69) is 128 Å². The quantitative estimate of drug-likeness (QED) is 0.218. The Bertz CT molecular complexity index is 2420. The van der Waals surface area contributed by atoms with Gasteiger partial charge in [0.25, 0.3) is 0 Å². The molecule has 0 fully saturated rings. The van der Waals surface area contributed by atoms with Gasteiger partial charge in [-0.2, -0.15) is 0 Å². The van der Waals surface area contributed by atoms with Crippen LogP contribution >= 0.6 is 0 Å². The summed E-state index contributed by atoms with van der Waals surface area (Å²) in [4.78, 5) is 8.52. The maximum atomic E-state index is 4.27. The topological polar surface area (TPSA) is 35.6 Å². The maximum Gasteiger partial charge on any atom is 0.0547 e. The zero-order valence-electron chi connectivity index (χ0n) is 21.5. The van der Waals surface area contributed by atoms with Gasteiger partial charge < -0.3 is 9.13 Å². The SMILES string of the molecule is c1ccc2c(c1)c1c3ccc4ccc5c(c6ccccc6n5-c5ccncc5)c4c3ccc1n2-c1ccncc1. The summed E-state index contributed by atoms with van der Waals surface area (Å²) < 4.78 is 4.71. The smallest absolute Gasteiger partial charge is 0.0547 e. The molecule has 5 aromatic carbocycles. The van der Waals surface area contributed by atoms with Gasteiger partial charge in [-0.25, -0.2) is 0 Å². The number of hydrogen-bond acceptors (Lipinski definition) is 2. The van der Waals surface area contributed by atoms with Gasteiger partial charge in [0, 0.05) is 57.7 Å². The molecule has 0 atom stereocenters. The highest BCUT2D eigenvalue weighted by Gasteiger charge is 2.19. The average Bonchev–Trinajstić information content (AvgIpc) is 3.55. The number of fused-ring (bicyclic) bond motifs is 11. The van der Waals surface area contributed by atoms with Crippen molar-refractivity contribution in [2.24, 2.45) is 0 Å². The molecule has 0 bridgehead atoms. The number of nitrogens with zero attached hydrogens (tertiary/aromatic N) is 4. The van der Waals surface area contributed by atoms with Crippen LogP contribution in [-0.4, -0.2) is 19.1 Å². The summed E-state index contributed by atoms with van der Waals surface area (Å²) in [5, 5.41) is 10.1. The number of aromatic nitrogens is 4. The predicted molar refractivity (Wildman–Crippen MR) is 166 cm³/mol. The van der Waals surface area contributed by atoms with Gasteiger partial charge in [0.15, 0.2) is 0 Å². The van der Waals surface area contributed by atoms with Gasteiger partial charge >= 0.3 is 0 Å². The summed E-state index contributed by atoms with van der Waals surface area (Å²) in [5.74, 6) is 0. The Morgan fingerprint density at radius 2 is 0.825 bits per heavy atom. The van der Waals surface area contributed by atoms with E-state index in [4.69, 9.17) is 0 Å². The van der Waals surface area contributed by atoms with Crippen LogP contribution in [0.2, 0.25) is 0 Å². The molecule has 0 saturated carbocycles. The molecule has 0 saturated heterocycles. The molecule has 0 radical (unpaired) electrons. The van der Waals surface area contributed by atoms with Crippen molar-refractivity contribution >= 4 is 65.2 Å². The Morgan fingerprint density at radius 3 is 1.48 bits per heavy atom. The first kappa shape index (κ1) is 21.5. The van der Waals surface area contributed by atoms with Crippen LogP contribution < -0.4 is 0 Å². The first-order valence-electron chi connectivity index (χ1n) is 13.5. The Hall–Kier alpha value is -5.48. The van der Waals surface area contributed by atoms with Gasteiger partial charge in [-0.05, 0) is 70.1 Å². The van der Waals surface area contributed by atoms with Crippen LogP contribution in [0.25, 0.3) is 76.5 Å². The molecule has 0 aliphatic rings. The Morgan fingerprint density at radius 1 is 0.350 bits per heavy atom. The lowest BCUT2D eigenvalue weighted by molar-refractivity contribution is 1.16. The molecule has 4 heteroatoms. The Labute approximate surface area is 229 Å². The van der Waals surface area contributed by atoms with Gasteiger partial charge in [-0.3, -0.25) is 9.97 Å². The highest BCUT2D eigenvalue weighted by Crippen LogP contribution is 2.43. The van der Waals surface area contributed by atoms with Crippen molar-refractivity contribution in [3.8, 4) is 11.4 Å². The monoisotopic (exact) mass is 510 g/mol. The van der Waals surface area contributed by atoms with Crippen molar-refractivity contribution in [1.82, 2.24) is 19.1 Å². The van der Waals surface area contributed by atoms with Crippen LogP contribution in [0.15, 0.2) is 134 Å². The third-order valence-corrected chi connectivity index (χ3v) is 8.29. The van der Waals surface area contributed by atoms with Gasteiger partial charge in [0.1, 0.15) is 0 Å². The molecular weight excluding hydrogens is 488 g/mol. The van der Waals surface area contributed by atoms with E-state index in [9.17, 15) is 0 Å². The molecule has 0 aliphatic carbocycles. The van der Waals surface area contributed by atoms with Crippen molar-refractivity contribution in [2.75, 3.05) is 0 Å². The predicted octanol–water partition coefficient (Wildman–Crippen LogP) is 8.98. The van der Waals surface area contributed by atoms with E-state index in [-0.39, 0.29) is 0 Å². The molecular formula is C36H22N4. The highest BCUT2D eigenvalue weighted by atomic mass is 15.0. The lowest BCUT2D eigenvalue weighted by atomic mass is 9.95. The number of rotatable bonds is 2. The van der Waals surface area contributed by atoms with Crippen LogP contribution in [0, 0.1) is 0 Å². The lowest BCUT2D eigenvalue weighted by Gasteiger charge is -2.11. The van der Waals surface area contributed by atoms with E-state index in [0.29, 0.717) is 0 Å². The molecule has 4 heterocycles. The minimum absolute atomic E-state index is 1.11. The summed E-state index contributed by atoms with van der Waals surface area (Å²) in [6.45, 7) is 0. The fourth-order valence-electron chi connectivity index (χ4n) is 6.70. The normalized spacial score (nSPS) is 12.0. The summed E-state index contributed by atoms with van der Waals surface area (Å²) >= 11 is 0. The van der Waals surface area contributed by atoms with Crippen LogP contribution in [-0.2, 0) is 0 Å². The molecule has 0 N–H and O–H groups in total. The highest BCUT2D eigenvalue weighted by molar-refractivity contribution is 6.32. The zero-order valence-corrected chi connectivity index (χ0v) is 21.5. The second-order valence-electron chi connectivity index (χ2n) is 10.3. The molecule has 4 aromatic heterocycles. The number of para-hydroxylation sites is 2. The number of hydrogen-bond donors (Lipinski definition) is 0. The molecule has 0 aliphatic heterocycles. The van der Waals surface area contributed by atoms with Crippen molar-refractivity contribution < 1.29 is 0 Å². The summed E-state index contributed by atoms with van der Waals surface area (Å²) in [6.07, 6.45) is 7.45. The van der Waals surface area contributed by atoms with Crippen LogP contribution in [0.3, 0.4) is 0 Å². The van der Waals surface area contributed by atoms with Crippen LogP contribution in [0.4, 0.5) is 0 Å². The minimum Gasteiger partial charge on any atom is -0.309 e. The number of pyridine rings is 2. The van der Waals surface area contributed by atoms with E-state index in [1.165, 1.54) is 65.2 Å². The van der Waals surface area contributed by atoms with Crippen molar-refractivity contribution in [2.45, 2.75) is 0 Å². The molecule has 0 unspecified atom stereocenters. The molecule has 4 nitrogen and oxygen atoms in total. The molecule has 0 spiro atoms. The minimum atomic E-state index is 1.11. The second-order valence-corrected chi connectivity index (χ2v) is 10.3. The standard InChI is InChI=1S/C36H22N4/c1-3-7-30-28(5-1)35-27-11-9-23-10-13-33-36(29-6-2-4-8-31(29)40(33)25-17-21-38-22-18-25)34(23)26(27)12-14-32(35)39(30)24-15-19-37-20-16-24/h1-22H. The van der Waals surface area contributed by atoms with Crippen molar-refractivity contribution in [3.63, 3.8) is 0 Å². The second kappa shape index (κ2) is 8.01. The molecule has 186 valence electrons. The van der Waals surface area contributed by atoms with Gasteiger partial charge in [0.2, 0.25) is 0 Å². The fourth-order valence-corrected chi connectivity index (χ4v) is 6.70. The fraction of sp³-hybridized carbons (Fsp3) is 0. The molecule has 9 aromatic rings. The first-order valence-corrected chi connectivity index (χ1v) is 13.5. The van der Waals surface area contributed by atoms with Crippen molar-refractivity contribution in [1.29, 1.82) is 0 Å². The summed E-state index contributed by atoms with van der Waals surface area (Å²) in [5.41, 5.74) is 7.03. The third-order valence-electron chi connectivity index (χ3n) is 8.29. The maximum absolute atomic E-state index is 4.27. The lowest BCUT2D eigenvalue weighted by Crippen LogP contribution is -1.94. The summed E-state index contributed by atoms with van der Waals surface area (Å²) in [7, 11) is 0. The average molecular weight is 511 g/mol. The number of benzene rings is 5. The van der Waals surface area contributed by atoms with E-state index in [0.717, 1.165) is 11.4 Å². The largest absolute Gasteiger partial charge is 0.309 e. The van der Waals surface area contributed by atoms with E-state index >= 15 is 0 Å². The Kier molecular flexibility index (Phi) is 4.30. The van der Waals surface area contributed by atoms with Gasteiger partial charge in [-0.15, -0.1) is 0 Å². The van der Waals surface area contributed by atoms with Crippen LogP contribution in [0.1, 0.15) is 0 Å². The molecule has 0 amide bonds. The molecule has 40 heavy (non-hydrogen) atoms. The zero-order chi connectivity index (χ0) is 26.2. The first-order chi connectivity index (χ1) is 19.9. The van der Waals surface area contributed by atoms with Crippen molar-refractivity contribution in [3.05, 3.63) is 134 Å². The summed E-state index contributed by atoms with van der Waals surface area (Å²) in [6, 6.07) is 39.5. The van der Waals surface area contributed by atoms with E-state index in [1.54, 1.807) is 0 Å². The van der Waals surface area contributed by atoms with E-state index in [1.807, 2.05) is 24.8 Å².